The second-order valence-electron chi connectivity index (χ2n) is 4.50. The van der Waals surface area contributed by atoms with Crippen LogP contribution in [0.2, 0.25) is 0 Å². The number of carboxylic acid groups (broad SMARTS) is 1. The third-order valence-corrected chi connectivity index (χ3v) is 2.85. The van der Waals surface area contributed by atoms with E-state index in [0.29, 0.717) is 6.54 Å². The van der Waals surface area contributed by atoms with Crippen molar-refractivity contribution in [3.05, 3.63) is 48.6 Å². The van der Waals surface area contributed by atoms with Crippen molar-refractivity contribution in [1.29, 1.82) is 0 Å². The monoisotopic (exact) mass is 276 g/mol. The van der Waals surface area contributed by atoms with Gasteiger partial charge in [-0.3, -0.25) is 4.79 Å². The van der Waals surface area contributed by atoms with E-state index < -0.39 is 5.97 Å². The second-order valence-corrected chi connectivity index (χ2v) is 4.50. The fourth-order valence-corrected chi connectivity index (χ4v) is 1.81. The van der Waals surface area contributed by atoms with Gasteiger partial charge >= 0.3 is 12.0 Å². The van der Waals surface area contributed by atoms with Gasteiger partial charge in [0.25, 0.3) is 0 Å². The summed E-state index contributed by atoms with van der Waals surface area (Å²) in [7, 11) is 1.67. The summed E-state index contributed by atoms with van der Waals surface area (Å²) < 4.78 is 0. The predicted octanol–water partition coefficient (Wildman–Crippen LogP) is 1.85. The standard InChI is InChI=1S/C15H20N2O3/c1-3-10-17(12-14(18)19)15(20)16(2)11-9-13-7-5-4-6-8-13/h3-8H,1,9-12H2,2H3,(H,18,19). The first kappa shape index (κ1) is 15.8. The van der Waals surface area contributed by atoms with Gasteiger partial charge in [0.15, 0.2) is 0 Å². The molecule has 0 radical (unpaired) electrons. The minimum Gasteiger partial charge on any atom is -0.480 e. The lowest BCUT2D eigenvalue weighted by Crippen LogP contribution is -2.44. The van der Waals surface area contributed by atoms with E-state index in [1.165, 1.54) is 15.9 Å². The topological polar surface area (TPSA) is 60.9 Å². The molecule has 0 heterocycles. The van der Waals surface area contributed by atoms with Crippen LogP contribution in [0, 0.1) is 0 Å². The minimum absolute atomic E-state index is 0.223. The van der Waals surface area contributed by atoms with Crippen LogP contribution in [-0.4, -0.2) is 53.6 Å². The molecule has 0 aliphatic heterocycles. The number of amides is 2. The molecule has 5 nitrogen and oxygen atoms in total. The number of carboxylic acids is 1. The summed E-state index contributed by atoms with van der Waals surface area (Å²) in [4.78, 5) is 25.7. The highest BCUT2D eigenvalue weighted by atomic mass is 16.4. The first-order valence-corrected chi connectivity index (χ1v) is 6.41. The summed E-state index contributed by atoms with van der Waals surface area (Å²) in [6, 6.07) is 9.53. The van der Waals surface area contributed by atoms with Crippen LogP contribution in [0.15, 0.2) is 43.0 Å². The Morgan fingerprint density at radius 2 is 1.95 bits per heavy atom. The maximum atomic E-state index is 12.1. The lowest BCUT2D eigenvalue weighted by molar-refractivity contribution is -0.137. The average Bonchev–Trinajstić information content (AvgIpc) is 2.44. The molecule has 0 saturated carbocycles. The summed E-state index contributed by atoms with van der Waals surface area (Å²) in [6.07, 6.45) is 2.25. The zero-order chi connectivity index (χ0) is 15.0. The molecule has 0 aliphatic carbocycles. The van der Waals surface area contributed by atoms with Crippen molar-refractivity contribution in [3.8, 4) is 0 Å². The van der Waals surface area contributed by atoms with E-state index in [1.807, 2.05) is 30.3 Å². The van der Waals surface area contributed by atoms with Crippen molar-refractivity contribution in [1.82, 2.24) is 9.80 Å². The van der Waals surface area contributed by atoms with Crippen molar-refractivity contribution in [2.24, 2.45) is 0 Å². The van der Waals surface area contributed by atoms with Crippen LogP contribution in [0.5, 0.6) is 0 Å². The number of rotatable bonds is 7. The quantitative estimate of drug-likeness (QED) is 0.773. The minimum atomic E-state index is -1.03. The number of hydrogen-bond donors (Lipinski definition) is 1. The van der Waals surface area contributed by atoms with Crippen LogP contribution in [0.4, 0.5) is 4.79 Å². The molecule has 0 atom stereocenters. The van der Waals surface area contributed by atoms with Crippen LogP contribution >= 0.6 is 0 Å². The van der Waals surface area contributed by atoms with E-state index in [4.69, 9.17) is 5.11 Å². The van der Waals surface area contributed by atoms with Gasteiger partial charge in [-0.25, -0.2) is 4.79 Å². The number of aliphatic carboxylic acids is 1. The molecule has 5 heteroatoms. The van der Waals surface area contributed by atoms with Gasteiger partial charge in [-0.2, -0.15) is 0 Å². The summed E-state index contributed by atoms with van der Waals surface area (Å²) >= 11 is 0. The summed E-state index contributed by atoms with van der Waals surface area (Å²) in [6.45, 7) is 3.98. The number of nitrogens with zero attached hydrogens (tertiary/aromatic N) is 2. The highest BCUT2D eigenvalue weighted by molar-refractivity contribution is 5.80. The fraction of sp³-hybridized carbons (Fsp3) is 0.333. The number of carbonyl (C=O) groups is 2. The van der Waals surface area contributed by atoms with E-state index in [-0.39, 0.29) is 19.1 Å². The number of benzene rings is 1. The summed E-state index contributed by atoms with van der Waals surface area (Å²) in [5.41, 5.74) is 1.14. The van der Waals surface area contributed by atoms with Gasteiger partial charge in [0.1, 0.15) is 6.54 Å². The lowest BCUT2D eigenvalue weighted by atomic mass is 10.1. The number of likely N-dealkylation sites (N-methyl/N-ethyl adjacent to an activating group) is 1. The highest BCUT2D eigenvalue weighted by Crippen LogP contribution is 2.03. The number of carbonyl (C=O) groups excluding carboxylic acids is 1. The molecule has 0 saturated heterocycles. The van der Waals surface area contributed by atoms with Crippen molar-refractivity contribution < 1.29 is 14.7 Å². The first-order chi connectivity index (χ1) is 9.54. The fourth-order valence-electron chi connectivity index (χ4n) is 1.81. The molecular formula is C15H20N2O3. The summed E-state index contributed by atoms with van der Waals surface area (Å²) in [5, 5.41) is 8.80. The Labute approximate surface area is 119 Å². The Morgan fingerprint density at radius 3 is 2.50 bits per heavy atom. The van der Waals surface area contributed by atoms with E-state index in [0.717, 1.165) is 12.0 Å². The zero-order valence-corrected chi connectivity index (χ0v) is 11.7. The molecule has 0 aromatic heterocycles. The highest BCUT2D eigenvalue weighted by Gasteiger charge is 2.18. The Kier molecular flexibility index (Phi) is 6.29. The molecular weight excluding hydrogens is 256 g/mol. The third-order valence-electron chi connectivity index (χ3n) is 2.85. The lowest BCUT2D eigenvalue weighted by Gasteiger charge is -2.26. The van der Waals surface area contributed by atoms with Crippen molar-refractivity contribution >= 4 is 12.0 Å². The molecule has 0 aliphatic rings. The molecule has 1 rings (SSSR count). The van der Waals surface area contributed by atoms with Gasteiger partial charge in [0.2, 0.25) is 0 Å². The van der Waals surface area contributed by atoms with Gasteiger partial charge in [0, 0.05) is 20.1 Å². The maximum Gasteiger partial charge on any atom is 0.323 e. The Bertz CT molecular complexity index is 459. The number of urea groups is 1. The van der Waals surface area contributed by atoms with Crippen molar-refractivity contribution in [2.75, 3.05) is 26.7 Å². The number of hydrogen-bond acceptors (Lipinski definition) is 2. The van der Waals surface area contributed by atoms with Crippen molar-refractivity contribution in [3.63, 3.8) is 0 Å². The van der Waals surface area contributed by atoms with Gasteiger partial charge in [-0.15, -0.1) is 6.58 Å². The molecule has 20 heavy (non-hydrogen) atoms. The molecule has 108 valence electrons. The molecule has 2 amide bonds. The van der Waals surface area contributed by atoms with Crippen LogP contribution in [-0.2, 0) is 11.2 Å². The molecule has 0 fully saturated rings. The smallest absolute Gasteiger partial charge is 0.323 e. The average molecular weight is 276 g/mol. The summed E-state index contributed by atoms with van der Waals surface area (Å²) in [5.74, 6) is -1.03. The normalized spacial score (nSPS) is 9.85. The van der Waals surface area contributed by atoms with Crippen LogP contribution in [0.3, 0.4) is 0 Å². The Hall–Kier alpha value is -2.30. The van der Waals surface area contributed by atoms with E-state index >= 15 is 0 Å². The third kappa shape index (κ3) is 5.14. The largest absolute Gasteiger partial charge is 0.480 e. The van der Waals surface area contributed by atoms with E-state index in [2.05, 4.69) is 6.58 Å². The molecule has 0 bridgehead atoms. The van der Waals surface area contributed by atoms with Gasteiger partial charge in [-0.05, 0) is 12.0 Å². The van der Waals surface area contributed by atoms with E-state index in [1.54, 1.807) is 7.05 Å². The maximum absolute atomic E-state index is 12.1. The van der Waals surface area contributed by atoms with Gasteiger partial charge < -0.3 is 14.9 Å². The molecule has 1 aromatic rings. The van der Waals surface area contributed by atoms with E-state index in [9.17, 15) is 9.59 Å². The molecule has 1 aromatic carbocycles. The van der Waals surface area contributed by atoms with Crippen LogP contribution in [0.1, 0.15) is 5.56 Å². The molecule has 1 N–H and O–H groups in total. The second kappa shape index (κ2) is 7.99. The van der Waals surface area contributed by atoms with Gasteiger partial charge in [0.05, 0.1) is 0 Å². The molecule has 0 spiro atoms. The molecule has 0 unspecified atom stereocenters. The van der Waals surface area contributed by atoms with Crippen LogP contribution < -0.4 is 0 Å². The SMILES string of the molecule is C=CCN(CC(=O)O)C(=O)N(C)CCc1ccccc1. The Balaban J connectivity index is 2.55. The van der Waals surface area contributed by atoms with Crippen LogP contribution in [0.25, 0.3) is 0 Å². The first-order valence-electron chi connectivity index (χ1n) is 6.41. The van der Waals surface area contributed by atoms with Crippen molar-refractivity contribution in [2.45, 2.75) is 6.42 Å². The van der Waals surface area contributed by atoms with Gasteiger partial charge in [-0.1, -0.05) is 36.4 Å². The Morgan fingerprint density at radius 1 is 1.30 bits per heavy atom. The predicted molar refractivity (Wildman–Crippen MR) is 77.6 cm³/mol. The zero-order valence-electron chi connectivity index (χ0n) is 11.7.